The highest BCUT2D eigenvalue weighted by molar-refractivity contribution is 8.01. The van der Waals surface area contributed by atoms with Gasteiger partial charge in [0.1, 0.15) is 0 Å². The van der Waals surface area contributed by atoms with Gasteiger partial charge in [-0.2, -0.15) is 0 Å². The number of nitrogen functional groups attached to an aromatic ring is 1. The number of carbonyl (C=O) groups is 1. The molecule has 0 bridgehead atoms. The molecule has 72 valence electrons. The molecule has 0 radical (unpaired) electrons. The highest BCUT2D eigenvalue weighted by atomic mass is 32.2. The Kier molecular flexibility index (Phi) is 3.52. The molecule has 0 aliphatic carbocycles. The van der Waals surface area contributed by atoms with Gasteiger partial charge in [-0.25, -0.2) is 10.8 Å². The molecule has 0 aromatic carbocycles. The average molecular weight is 218 g/mol. The quantitative estimate of drug-likeness (QED) is 0.290. The maximum atomic E-state index is 10.8. The second-order valence-electron chi connectivity index (χ2n) is 2.28. The first kappa shape index (κ1) is 10.3. The fourth-order valence-corrected chi connectivity index (χ4v) is 2.54. The van der Waals surface area contributed by atoms with Crippen molar-refractivity contribution in [3.05, 3.63) is 5.69 Å². The van der Waals surface area contributed by atoms with Crippen LogP contribution in [0.1, 0.15) is 5.69 Å². The number of anilines is 1. The number of rotatable bonds is 3. The van der Waals surface area contributed by atoms with Crippen LogP contribution in [0.2, 0.25) is 0 Å². The van der Waals surface area contributed by atoms with Crippen molar-refractivity contribution in [3.63, 3.8) is 0 Å². The predicted octanol–water partition coefficient (Wildman–Crippen LogP) is 0.116. The van der Waals surface area contributed by atoms with Crippen molar-refractivity contribution in [2.45, 2.75) is 11.1 Å². The molecule has 5 N–H and O–H groups in total. The van der Waals surface area contributed by atoms with Gasteiger partial charge in [0.25, 0.3) is 0 Å². The highest BCUT2D eigenvalue weighted by Gasteiger charge is 2.07. The van der Waals surface area contributed by atoms with Crippen LogP contribution in [0.3, 0.4) is 0 Å². The zero-order chi connectivity index (χ0) is 9.84. The summed E-state index contributed by atoms with van der Waals surface area (Å²) < 4.78 is 0.959. The van der Waals surface area contributed by atoms with Crippen LogP contribution in [0.4, 0.5) is 5.13 Å². The molecule has 0 aliphatic heterocycles. The molecular formula is C6H10N4OS2. The average Bonchev–Trinajstić information content (AvgIpc) is 2.41. The van der Waals surface area contributed by atoms with Crippen LogP contribution in [-0.2, 0) is 4.79 Å². The smallest absolute Gasteiger partial charge is 0.244 e. The fraction of sp³-hybridized carbons (Fsp3) is 0.333. The Hall–Kier alpha value is -0.790. The fourth-order valence-electron chi connectivity index (χ4n) is 0.709. The van der Waals surface area contributed by atoms with E-state index in [0.29, 0.717) is 10.9 Å². The van der Waals surface area contributed by atoms with Crippen LogP contribution in [0.15, 0.2) is 4.21 Å². The van der Waals surface area contributed by atoms with Crippen molar-refractivity contribution in [2.75, 3.05) is 11.5 Å². The number of nitrogens with one attached hydrogen (secondary N) is 1. The number of amides is 1. The van der Waals surface area contributed by atoms with E-state index < -0.39 is 0 Å². The van der Waals surface area contributed by atoms with Gasteiger partial charge in [0.2, 0.25) is 5.91 Å². The van der Waals surface area contributed by atoms with Gasteiger partial charge in [0, 0.05) is 0 Å². The molecule has 0 unspecified atom stereocenters. The van der Waals surface area contributed by atoms with Crippen molar-refractivity contribution in [1.29, 1.82) is 0 Å². The summed E-state index contributed by atoms with van der Waals surface area (Å²) in [7, 11) is 0. The van der Waals surface area contributed by atoms with Gasteiger partial charge in [-0.1, -0.05) is 11.3 Å². The van der Waals surface area contributed by atoms with Gasteiger partial charge in [-0.05, 0) is 6.92 Å². The van der Waals surface area contributed by atoms with Crippen LogP contribution in [0.25, 0.3) is 0 Å². The van der Waals surface area contributed by atoms with Crippen LogP contribution in [0, 0.1) is 6.92 Å². The lowest BCUT2D eigenvalue weighted by atomic mass is 10.6. The zero-order valence-corrected chi connectivity index (χ0v) is 8.67. The normalized spacial score (nSPS) is 10.0. The first-order chi connectivity index (χ1) is 6.13. The van der Waals surface area contributed by atoms with Gasteiger partial charge in [-0.15, -0.1) is 11.8 Å². The number of nitrogens with two attached hydrogens (primary N) is 2. The van der Waals surface area contributed by atoms with Gasteiger partial charge in [0.05, 0.1) is 15.7 Å². The van der Waals surface area contributed by atoms with E-state index >= 15 is 0 Å². The van der Waals surface area contributed by atoms with Crippen LogP contribution < -0.4 is 17.0 Å². The summed E-state index contributed by atoms with van der Waals surface area (Å²) in [6.45, 7) is 1.86. The summed E-state index contributed by atoms with van der Waals surface area (Å²) in [4.78, 5) is 14.8. The largest absolute Gasteiger partial charge is 0.375 e. The molecule has 0 saturated heterocycles. The second kappa shape index (κ2) is 4.45. The summed E-state index contributed by atoms with van der Waals surface area (Å²) in [6, 6.07) is 0. The van der Waals surface area contributed by atoms with E-state index in [1.165, 1.54) is 23.1 Å². The van der Waals surface area contributed by atoms with E-state index in [-0.39, 0.29) is 5.91 Å². The van der Waals surface area contributed by atoms with E-state index in [2.05, 4.69) is 10.4 Å². The molecule has 13 heavy (non-hydrogen) atoms. The zero-order valence-electron chi connectivity index (χ0n) is 7.03. The maximum absolute atomic E-state index is 10.8. The number of nitrogens with zero attached hydrogens (tertiary/aromatic N) is 1. The predicted molar refractivity (Wildman–Crippen MR) is 54.3 cm³/mol. The molecule has 1 amide bonds. The molecule has 0 saturated carbocycles. The van der Waals surface area contributed by atoms with Gasteiger partial charge in [-0.3, -0.25) is 10.2 Å². The Morgan fingerprint density at radius 1 is 1.77 bits per heavy atom. The third kappa shape index (κ3) is 2.87. The van der Waals surface area contributed by atoms with Gasteiger partial charge >= 0.3 is 0 Å². The molecular weight excluding hydrogens is 208 g/mol. The minimum atomic E-state index is -0.212. The number of aryl methyl sites for hydroxylation is 1. The molecule has 0 spiro atoms. The lowest BCUT2D eigenvalue weighted by Crippen LogP contribution is -2.31. The summed E-state index contributed by atoms with van der Waals surface area (Å²) in [5.74, 6) is 5.01. The summed E-state index contributed by atoms with van der Waals surface area (Å²) in [5, 5.41) is 0.521. The molecule has 7 heteroatoms. The Balaban J connectivity index is 2.54. The third-order valence-corrected chi connectivity index (χ3v) is 3.61. The molecule has 1 aromatic rings. The maximum Gasteiger partial charge on any atom is 0.244 e. The minimum absolute atomic E-state index is 0.212. The molecule has 5 nitrogen and oxygen atoms in total. The standard InChI is InChI=1S/C6H10N4OS2/c1-3-5(13-6(7)9-3)12-2-4(11)10-8/h2,8H2,1H3,(H2,7,9)(H,10,11). The van der Waals surface area contributed by atoms with Gasteiger partial charge < -0.3 is 5.73 Å². The summed E-state index contributed by atoms with van der Waals surface area (Å²) in [5.41, 5.74) is 8.40. The van der Waals surface area contributed by atoms with Crippen molar-refractivity contribution < 1.29 is 4.79 Å². The number of hydrazine groups is 1. The Morgan fingerprint density at radius 2 is 2.46 bits per heavy atom. The van der Waals surface area contributed by atoms with E-state index in [0.717, 1.165) is 9.90 Å². The first-order valence-corrected chi connectivity index (χ1v) is 5.29. The summed E-state index contributed by atoms with van der Waals surface area (Å²) >= 11 is 2.76. The topological polar surface area (TPSA) is 94.0 Å². The Morgan fingerprint density at radius 3 is 2.92 bits per heavy atom. The molecule has 1 heterocycles. The second-order valence-corrected chi connectivity index (χ2v) is 4.56. The highest BCUT2D eigenvalue weighted by Crippen LogP contribution is 2.29. The lowest BCUT2D eigenvalue weighted by Gasteiger charge is -1.97. The first-order valence-electron chi connectivity index (χ1n) is 3.48. The molecule has 1 aromatic heterocycles. The van der Waals surface area contributed by atoms with Crippen LogP contribution in [0.5, 0.6) is 0 Å². The monoisotopic (exact) mass is 218 g/mol. The number of thioether (sulfide) groups is 1. The number of thiazole rings is 1. The van der Waals surface area contributed by atoms with E-state index in [9.17, 15) is 4.79 Å². The van der Waals surface area contributed by atoms with Crippen LogP contribution in [-0.4, -0.2) is 16.6 Å². The number of carbonyl (C=O) groups excluding carboxylic acids is 1. The number of hydrogen-bond donors (Lipinski definition) is 3. The van der Waals surface area contributed by atoms with Crippen molar-refractivity contribution in [2.24, 2.45) is 5.84 Å². The van der Waals surface area contributed by atoms with Gasteiger partial charge in [0.15, 0.2) is 5.13 Å². The van der Waals surface area contributed by atoms with E-state index in [1.54, 1.807) is 0 Å². The molecule has 1 rings (SSSR count). The SMILES string of the molecule is Cc1nc(N)sc1SCC(=O)NN. The number of aromatic nitrogens is 1. The van der Waals surface area contributed by atoms with Crippen molar-refractivity contribution in [1.82, 2.24) is 10.4 Å². The minimum Gasteiger partial charge on any atom is -0.375 e. The third-order valence-electron chi connectivity index (χ3n) is 1.27. The van der Waals surface area contributed by atoms with E-state index in [1.807, 2.05) is 6.92 Å². The molecule has 0 aliphatic rings. The van der Waals surface area contributed by atoms with Crippen molar-refractivity contribution in [3.8, 4) is 0 Å². The summed E-state index contributed by atoms with van der Waals surface area (Å²) in [6.07, 6.45) is 0. The van der Waals surface area contributed by atoms with Crippen LogP contribution >= 0.6 is 23.1 Å². The molecule has 0 atom stereocenters. The Bertz CT molecular complexity index is 312. The lowest BCUT2D eigenvalue weighted by molar-refractivity contribution is -0.118. The number of hydrogen-bond acceptors (Lipinski definition) is 6. The van der Waals surface area contributed by atoms with Crippen molar-refractivity contribution >= 4 is 34.1 Å². The van der Waals surface area contributed by atoms with E-state index in [4.69, 9.17) is 11.6 Å². The molecule has 0 fully saturated rings. The Labute approximate surface area is 83.9 Å².